The van der Waals surface area contributed by atoms with Crippen molar-refractivity contribution >= 4 is 22.9 Å². The Balaban J connectivity index is 2.04. The lowest BCUT2D eigenvalue weighted by Gasteiger charge is -2.08. The second-order valence-corrected chi connectivity index (χ2v) is 4.18. The molecule has 0 radical (unpaired) electrons. The van der Waals surface area contributed by atoms with Crippen molar-refractivity contribution in [3.05, 3.63) is 46.4 Å². The molecule has 1 aromatic carbocycles. The van der Waals surface area contributed by atoms with Crippen molar-refractivity contribution in [2.75, 3.05) is 12.4 Å². The van der Waals surface area contributed by atoms with Gasteiger partial charge < -0.3 is 10.6 Å². The highest BCUT2D eigenvalue weighted by Gasteiger charge is 2.09. The minimum atomic E-state index is -0.0945. The molecule has 0 unspecified atom stereocenters. The molecule has 0 bridgehead atoms. The van der Waals surface area contributed by atoms with Crippen LogP contribution in [0.15, 0.2) is 35.2 Å². The van der Waals surface area contributed by atoms with Crippen molar-refractivity contribution in [1.82, 2.24) is 10.3 Å². The third-order valence-corrected chi connectivity index (χ3v) is 2.99. The van der Waals surface area contributed by atoms with E-state index in [9.17, 15) is 4.79 Å². The van der Waals surface area contributed by atoms with Crippen molar-refractivity contribution in [3.8, 4) is 0 Å². The number of amides is 1. The van der Waals surface area contributed by atoms with E-state index >= 15 is 0 Å². The van der Waals surface area contributed by atoms with E-state index in [1.165, 1.54) is 11.3 Å². The molecule has 0 fully saturated rings. The van der Waals surface area contributed by atoms with Crippen molar-refractivity contribution in [2.45, 2.75) is 6.54 Å². The summed E-state index contributed by atoms with van der Waals surface area (Å²) < 4.78 is 0. The van der Waals surface area contributed by atoms with E-state index in [1.54, 1.807) is 18.6 Å². The highest BCUT2D eigenvalue weighted by Crippen LogP contribution is 2.13. The molecule has 5 heteroatoms. The molecular weight excluding hydrogens is 234 g/mol. The summed E-state index contributed by atoms with van der Waals surface area (Å²) in [4.78, 5) is 16.1. The number of nitrogens with one attached hydrogen (secondary N) is 2. The van der Waals surface area contributed by atoms with E-state index in [0.717, 1.165) is 11.4 Å². The van der Waals surface area contributed by atoms with Crippen molar-refractivity contribution < 1.29 is 4.79 Å². The molecule has 4 nitrogen and oxygen atoms in total. The van der Waals surface area contributed by atoms with E-state index in [0.29, 0.717) is 12.1 Å². The number of aromatic nitrogens is 1. The molecule has 2 N–H and O–H groups in total. The second-order valence-electron chi connectivity index (χ2n) is 3.46. The van der Waals surface area contributed by atoms with Gasteiger partial charge in [0.25, 0.3) is 5.91 Å². The van der Waals surface area contributed by atoms with Gasteiger partial charge in [-0.05, 0) is 12.1 Å². The summed E-state index contributed by atoms with van der Waals surface area (Å²) in [5, 5.41) is 7.76. The molecule has 0 aliphatic heterocycles. The zero-order valence-electron chi connectivity index (χ0n) is 9.43. The Labute approximate surface area is 104 Å². The van der Waals surface area contributed by atoms with Crippen LogP contribution in [0.2, 0.25) is 0 Å². The minimum absolute atomic E-state index is 0.0945. The molecule has 1 aromatic heterocycles. The van der Waals surface area contributed by atoms with Gasteiger partial charge in [0.05, 0.1) is 23.3 Å². The molecule has 0 saturated heterocycles. The number of benzene rings is 1. The second kappa shape index (κ2) is 5.45. The van der Waals surface area contributed by atoms with Crippen molar-refractivity contribution in [3.63, 3.8) is 0 Å². The smallest absolute Gasteiger partial charge is 0.253 e. The molecule has 17 heavy (non-hydrogen) atoms. The number of carbonyl (C=O) groups excluding carboxylic acids is 1. The lowest BCUT2D eigenvalue weighted by atomic mass is 10.1. The first-order chi connectivity index (χ1) is 8.31. The summed E-state index contributed by atoms with van der Waals surface area (Å²) in [7, 11) is 1.80. The van der Waals surface area contributed by atoms with E-state index in [-0.39, 0.29) is 5.91 Å². The predicted octanol–water partition coefficient (Wildman–Crippen LogP) is 2.11. The van der Waals surface area contributed by atoms with Gasteiger partial charge in [0.2, 0.25) is 0 Å². The summed E-state index contributed by atoms with van der Waals surface area (Å²) in [5.74, 6) is -0.0945. The van der Waals surface area contributed by atoms with E-state index in [4.69, 9.17) is 0 Å². The van der Waals surface area contributed by atoms with Crippen LogP contribution in [-0.2, 0) is 6.54 Å². The van der Waals surface area contributed by atoms with Gasteiger partial charge in [0, 0.05) is 18.1 Å². The highest BCUT2D eigenvalue weighted by molar-refractivity contribution is 7.07. The Morgan fingerprint density at radius 2 is 2.24 bits per heavy atom. The fourth-order valence-electron chi connectivity index (χ4n) is 1.49. The van der Waals surface area contributed by atoms with Gasteiger partial charge in [-0.15, -0.1) is 11.3 Å². The fourth-order valence-corrected chi connectivity index (χ4v) is 2.05. The summed E-state index contributed by atoms with van der Waals surface area (Å²) in [6.45, 7) is 0.459. The van der Waals surface area contributed by atoms with Crippen LogP contribution in [0, 0.1) is 0 Å². The lowest BCUT2D eigenvalue weighted by Crippen LogP contribution is -2.23. The Morgan fingerprint density at radius 3 is 2.94 bits per heavy atom. The molecule has 1 amide bonds. The van der Waals surface area contributed by atoms with Gasteiger partial charge in [0.15, 0.2) is 0 Å². The molecule has 88 valence electrons. The maximum atomic E-state index is 11.9. The molecule has 2 rings (SSSR count). The maximum absolute atomic E-state index is 11.9. The number of thiazole rings is 1. The molecule has 0 aliphatic carbocycles. The summed E-state index contributed by atoms with van der Waals surface area (Å²) in [6.07, 6.45) is 0. The standard InChI is InChI=1S/C12H13N3OS/c1-13-11-5-3-2-4-10(11)12(16)14-6-9-7-17-8-15-9/h2-5,7-8,13H,6H2,1H3,(H,14,16). The van der Waals surface area contributed by atoms with Gasteiger partial charge in [-0.2, -0.15) is 0 Å². The molecule has 2 aromatic rings. The van der Waals surface area contributed by atoms with Gasteiger partial charge in [-0.3, -0.25) is 4.79 Å². The average Bonchev–Trinajstić information content (AvgIpc) is 2.89. The average molecular weight is 247 g/mol. The minimum Gasteiger partial charge on any atom is -0.387 e. The summed E-state index contributed by atoms with van der Waals surface area (Å²) >= 11 is 1.52. The van der Waals surface area contributed by atoms with Crippen LogP contribution in [-0.4, -0.2) is 17.9 Å². The summed E-state index contributed by atoms with van der Waals surface area (Å²) in [6, 6.07) is 7.40. The van der Waals surface area contributed by atoms with Gasteiger partial charge >= 0.3 is 0 Å². The monoisotopic (exact) mass is 247 g/mol. The van der Waals surface area contributed by atoms with E-state index in [1.807, 2.05) is 23.6 Å². The topological polar surface area (TPSA) is 54.0 Å². The fraction of sp³-hybridized carbons (Fsp3) is 0.167. The Kier molecular flexibility index (Phi) is 3.72. The number of anilines is 1. The Hall–Kier alpha value is -1.88. The van der Waals surface area contributed by atoms with Crippen LogP contribution in [0.4, 0.5) is 5.69 Å². The normalized spacial score (nSPS) is 9.94. The van der Waals surface area contributed by atoms with Crippen LogP contribution in [0.5, 0.6) is 0 Å². The number of para-hydroxylation sites is 1. The predicted molar refractivity (Wildman–Crippen MR) is 69.3 cm³/mol. The quantitative estimate of drug-likeness (QED) is 0.870. The van der Waals surface area contributed by atoms with Gasteiger partial charge in [-0.1, -0.05) is 12.1 Å². The van der Waals surface area contributed by atoms with E-state index < -0.39 is 0 Å². The number of nitrogens with zero attached hydrogens (tertiary/aromatic N) is 1. The van der Waals surface area contributed by atoms with Crippen LogP contribution in [0.1, 0.15) is 16.1 Å². The van der Waals surface area contributed by atoms with E-state index in [2.05, 4.69) is 15.6 Å². The first kappa shape index (κ1) is 11.6. The van der Waals surface area contributed by atoms with Gasteiger partial charge in [-0.25, -0.2) is 4.98 Å². The van der Waals surface area contributed by atoms with Crippen LogP contribution >= 0.6 is 11.3 Å². The summed E-state index contributed by atoms with van der Waals surface area (Å²) in [5.41, 5.74) is 4.10. The van der Waals surface area contributed by atoms with Crippen LogP contribution in [0.3, 0.4) is 0 Å². The molecule has 0 atom stereocenters. The number of hydrogen-bond acceptors (Lipinski definition) is 4. The van der Waals surface area contributed by atoms with Crippen molar-refractivity contribution in [2.24, 2.45) is 0 Å². The Bertz CT molecular complexity index is 496. The number of hydrogen-bond donors (Lipinski definition) is 2. The van der Waals surface area contributed by atoms with Crippen molar-refractivity contribution in [1.29, 1.82) is 0 Å². The molecule has 0 saturated carbocycles. The zero-order chi connectivity index (χ0) is 12.1. The number of carbonyl (C=O) groups is 1. The third kappa shape index (κ3) is 2.82. The zero-order valence-corrected chi connectivity index (χ0v) is 10.3. The van der Waals surface area contributed by atoms with Gasteiger partial charge in [0.1, 0.15) is 0 Å². The van der Waals surface area contributed by atoms with Crippen LogP contribution < -0.4 is 10.6 Å². The third-order valence-electron chi connectivity index (χ3n) is 2.35. The SMILES string of the molecule is CNc1ccccc1C(=O)NCc1cscn1. The molecule has 1 heterocycles. The molecule has 0 spiro atoms. The maximum Gasteiger partial charge on any atom is 0.253 e. The highest BCUT2D eigenvalue weighted by atomic mass is 32.1. The molecular formula is C12H13N3OS. The Morgan fingerprint density at radius 1 is 1.41 bits per heavy atom. The largest absolute Gasteiger partial charge is 0.387 e. The number of rotatable bonds is 4. The lowest BCUT2D eigenvalue weighted by molar-refractivity contribution is 0.0951. The van der Waals surface area contributed by atoms with Crippen LogP contribution in [0.25, 0.3) is 0 Å². The molecule has 0 aliphatic rings. The first-order valence-electron chi connectivity index (χ1n) is 5.23. The first-order valence-corrected chi connectivity index (χ1v) is 6.17.